The lowest BCUT2D eigenvalue weighted by Gasteiger charge is -2.18. The van der Waals surface area contributed by atoms with E-state index >= 15 is 0 Å². The molecule has 0 aromatic rings. The molecule has 0 amide bonds. The Morgan fingerprint density at radius 1 is 0.232 bits per heavy atom. The van der Waals surface area contributed by atoms with E-state index in [4.69, 9.17) is 14.2 Å². The first-order valence-corrected chi connectivity index (χ1v) is 37.7. The highest BCUT2D eigenvalue weighted by molar-refractivity contribution is 5.71. The maximum atomic E-state index is 13.0. The van der Waals surface area contributed by atoms with Gasteiger partial charge in [0.1, 0.15) is 13.2 Å². The summed E-state index contributed by atoms with van der Waals surface area (Å²) in [6.45, 7) is 6.74. The number of carbonyl (C=O) groups is 3. The first kappa shape index (κ1) is 80.2. The Balaban J connectivity index is 4.13. The van der Waals surface area contributed by atoms with Gasteiger partial charge in [-0.05, 0) is 44.9 Å². The van der Waals surface area contributed by atoms with Crippen molar-refractivity contribution in [1.82, 2.24) is 0 Å². The van der Waals surface area contributed by atoms with Crippen LogP contribution in [0.4, 0.5) is 0 Å². The first-order valence-electron chi connectivity index (χ1n) is 37.7. The average Bonchev–Trinajstić information content (AvgIpc) is 3.47. The van der Waals surface area contributed by atoms with Crippen molar-refractivity contribution < 1.29 is 28.6 Å². The highest BCUT2D eigenvalue weighted by Crippen LogP contribution is 2.20. The second-order valence-corrected chi connectivity index (χ2v) is 25.9. The van der Waals surface area contributed by atoms with Crippen molar-refractivity contribution >= 4 is 17.9 Å². The topological polar surface area (TPSA) is 78.9 Å². The van der Waals surface area contributed by atoms with Gasteiger partial charge in [0.2, 0.25) is 0 Å². The molecule has 0 N–H and O–H groups in total. The summed E-state index contributed by atoms with van der Waals surface area (Å²) >= 11 is 0. The van der Waals surface area contributed by atoms with Crippen molar-refractivity contribution in [2.45, 2.75) is 444 Å². The minimum absolute atomic E-state index is 0.0615. The van der Waals surface area contributed by atoms with Crippen LogP contribution in [0.5, 0.6) is 0 Å². The van der Waals surface area contributed by atoms with E-state index in [0.29, 0.717) is 19.3 Å². The number of hydrogen-bond acceptors (Lipinski definition) is 6. The van der Waals surface area contributed by atoms with E-state index < -0.39 is 6.10 Å². The van der Waals surface area contributed by atoms with Gasteiger partial charge in [-0.2, -0.15) is 0 Å². The molecule has 0 heterocycles. The van der Waals surface area contributed by atoms with Crippen LogP contribution in [0.2, 0.25) is 0 Å². The van der Waals surface area contributed by atoms with E-state index in [1.165, 1.54) is 340 Å². The van der Waals surface area contributed by atoms with Crippen molar-refractivity contribution in [3.05, 3.63) is 12.2 Å². The Hall–Kier alpha value is -1.85. The van der Waals surface area contributed by atoms with E-state index in [1.54, 1.807) is 0 Å². The number of carbonyl (C=O) groups excluding carboxylic acids is 3. The van der Waals surface area contributed by atoms with Crippen LogP contribution in [0.3, 0.4) is 0 Å². The summed E-state index contributed by atoms with van der Waals surface area (Å²) in [6, 6.07) is 0. The van der Waals surface area contributed by atoms with Gasteiger partial charge in [-0.25, -0.2) is 0 Å². The van der Waals surface area contributed by atoms with E-state index in [0.717, 1.165) is 57.8 Å². The van der Waals surface area contributed by atoms with Crippen LogP contribution < -0.4 is 0 Å². The lowest BCUT2D eigenvalue weighted by atomic mass is 10.0. The molecule has 0 saturated carbocycles. The van der Waals surface area contributed by atoms with Crippen LogP contribution in [0.1, 0.15) is 438 Å². The van der Waals surface area contributed by atoms with Gasteiger partial charge >= 0.3 is 17.9 Å². The Morgan fingerprint density at radius 2 is 0.402 bits per heavy atom. The Kier molecular flexibility index (Phi) is 70.0. The Bertz CT molecular complexity index is 1280. The molecule has 0 bridgehead atoms. The third-order valence-corrected chi connectivity index (χ3v) is 17.5. The van der Waals surface area contributed by atoms with Gasteiger partial charge < -0.3 is 14.2 Å². The molecule has 0 aromatic carbocycles. The number of rotatable bonds is 71. The molecule has 0 spiro atoms. The summed E-state index contributed by atoms with van der Waals surface area (Å²) in [4.78, 5) is 38.5. The molecule has 0 aliphatic rings. The van der Waals surface area contributed by atoms with E-state index in [2.05, 4.69) is 32.9 Å². The van der Waals surface area contributed by atoms with Crippen LogP contribution in [0, 0.1) is 0 Å². The maximum Gasteiger partial charge on any atom is 0.306 e. The Morgan fingerprint density at radius 3 is 0.610 bits per heavy atom. The zero-order chi connectivity index (χ0) is 59.2. The van der Waals surface area contributed by atoms with Crippen LogP contribution >= 0.6 is 0 Å². The highest BCUT2D eigenvalue weighted by Gasteiger charge is 2.20. The van der Waals surface area contributed by atoms with E-state index in [1.807, 2.05) is 0 Å². The van der Waals surface area contributed by atoms with Crippen LogP contribution in [0.25, 0.3) is 0 Å². The molecule has 0 aliphatic heterocycles. The largest absolute Gasteiger partial charge is 0.462 e. The minimum atomic E-state index is -0.765. The van der Waals surface area contributed by atoms with Crippen LogP contribution in [-0.2, 0) is 28.6 Å². The van der Waals surface area contributed by atoms with Crippen LogP contribution in [0.15, 0.2) is 12.2 Å². The molecular weight excluding hydrogens is 1010 g/mol. The smallest absolute Gasteiger partial charge is 0.306 e. The van der Waals surface area contributed by atoms with E-state index in [9.17, 15) is 14.4 Å². The third kappa shape index (κ3) is 68.9. The molecule has 0 saturated heterocycles. The molecule has 1 unspecified atom stereocenters. The molecule has 6 heteroatoms. The van der Waals surface area contributed by atoms with Gasteiger partial charge in [0.25, 0.3) is 0 Å². The molecular formula is C76H146O6. The molecule has 0 aliphatic carbocycles. The van der Waals surface area contributed by atoms with Gasteiger partial charge in [-0.3, -0.25) is 14.4 Å². The van der Waals surface area contributed by atoms with Crippen molar-refractivity contribution in [3.63, 3.8) is 0 Å². The minimum Gasteiger partial charge on any atom is -0.462 e. The number of ether oxygens (including phenoxy) is 3. The first-order chi connectivity index (χ1) is 40.5. The molecule has 82 heavy (non-hydrogen) atoms. The van der Waals surface area contributed by atoms with Gasteiger partial charge in [-0.15, -0.1) is 0 Å². The van der Waals surface area contributed by atoms with Crippen molar-refractivity contribution in [2.75, 3.05) is 13.2 Å². The zero-order valence-corrected chi connectivity index (χ0v) is 56.1. The average molecular weight is 1160 g/mol. The standard InChI is InChI=1S/C76H146O6/c1-4-7-10-13-16-19-22-25-28-30-32-33-34-35-36-37-38-39-40-41-42-43-45-46-48-51-54-57-60-63-66-69-75(78)81-72-73(71-80-74(77)68-65-62-59-56-53-50-27-24-21-18-15-12-9-6-3)82-76(79)70-67-64-61-58-55-52-49-47-44-31-29-26-23-20-17-14-11-8-5-2/h30,32,73H,4-29,31,33-72H2,1-3H3/b32-30-. The molecule has 1 atom stereocenters. The second-order valence-electron chi connectivity index (χ2n) is 25.9. The van der Waals surface area contributed by atoms with Gasteiger partial charge in [0, 0.05) is 19.3 Å². The zero-order valence-electron chi connectivity index (χ0n) is 56.1. The second kappa shape index (κ2) is 71.6. The summed E-state index contributed by atoms with van der Waals surface area (Å²) < 4.78 is 17.0. The summed E-state index contributed by atoms with van der Waals surface area (Å²) in [6.07, 6.45) is 86.9. The van der Waals surface area contributed by atoms with Crippen LogP contribution in [-0.4, -0.2) is 37.2 Å². The summed E-state index contributed by atoms with van der Waals surface area (Å²) in [7, 11) is 0. The predicted molar refractivity (Wildman–Crippen MR) is 358 cm³/mol. The molecule has 486 valence electrons. The number of esters is 3. The van der Waals surface area contributed by atoms with Crippen molar-refractivity contribution in [3.8, 4) is 0 Å². The Labute approximate surface area is 513 Å². The van der Waals surface area contributed by atoms with Gasteiger partial charge in [0.15, 0.2) is 6.10 Å². The normalized spacial score (nSPS) is 12.0. The maximum absolute atomic E-state index is 13.0. The SMILES string of the molecule is CCCCCCCCCC/C=C\CCCCCCCCCCCCCCCCCCCCCC(=O)OCC(COC(=O)CCCCCCCCCCCCCCCC)OC(=O)CCCCCCCCCCCCCCCCCCCCC. The molecule has 6 nitrogen and oxygen atoms in total. The lowest BCUT2D eigenvalue weighted by molar-refractivity contribution is -0.167. The molecule has 0 aromatic heterocycles. The fourth-order valence-corrected chi connectivity index (χ4v) is 11.9. The number of unbranched alkanes of at least 4 members (excludes halogenated alkanes) is 58. The fraction of sp³-hybridized carbons (Fsp3) is 0.934. The van der Waals surface area contributed by atoms with E-state index in [-0.39, 0.29) is 31.1 Å². The quantitative estimate of drug-likeness (QED) is 0.0261. The monoisotopic (exact) mass is 1160 g/mol. The van der Waals surface area contributed by atoms with Gasteiger partial charge in [0.05, 0.1) is 0 Å². The predicted octanol–water partition coefficient (Wildman–Crippen LogP) is 26.0. The summed E-state index contributed by atoms with van der Waals surface area (Å²) in [5.74, 6) is -0.821. The summed E-state index contributed by atoms with van der Waals surface area (Å²) in [5.41, 5.74) is 0. The number of allylic oxidation sites excluding steroid dienone is 2. The molecule has 0 rings (SSSR count). The summed E-state index contributed by atoms with van der Waals surface area (Å²) in [5, 5.41) is 0. The number of hydrogen-bond donors (Lipinski definition) is 0. The van der Waals surface area contributed by atoms with Crippen molar-refractivity contribution in [2.24, 2.45) is 0 Å². The highest BCUT2D eigenvalue weighted by atomic mass is 16.6. The molecule has 0 fully saturated rings. The fourth-order valence-electron chi connectivity index (χ4n) is 11.9. The van der Waals surface area contributed by atoms with Crippen molar-refractivity contribution in [1.29, 1.82) is 0 Å². The van der Waals surface area contributed by atoms with Gasteiger partial charge in [-0.1, -0.05) is 386 Å². The lowest BCUT2D eigenvalue weighted by Crippen LogP contribution is -2.30. The third-order valence-electron chi connectivity index (χ3n) is 17.5. The molecule has 0 radical (unpaired) electrons.